The van der Waals surface area contributed by atoms with Crippen molar-refractivity contribution in [1.29, 1.82) is 0 Å². The quantitative estimate of drug-likeness (QED) is 0.672. The summed E-state index contributed by atoms with van der Waals surface area (Å²) in [6.07, 6.45) is -0.412. The van der Waals surface area contributed by atoms with Gasteiger partial charge in [-0.3, -0.25) is 0 Å². The Labute approximate surface area is 120 Å². The Morgan fingerprint density at radius 3 is 1.25 bits per heavy atom. The van der Waals surface area contributed by atoms with Crippen molar-refractivity contribution in [2.75, 3.05) is 66.1 Å². The molecule has 20 heavy (non-hydrogen) atoms. The fourth-order valence-corrected chi connectivity index (χ4v) is 1.52. The van der Waals surface area contributed by atoms with Gasteiger partial charge in [0, 0.05) is 0 Å². The Bertz CT molecular complexity index is 228. The molecule has 0 aromatic rings. The highest BCUT2D eigenvalue weighted by Crippen LogP contribution is 2.05. The van der Waals surface area contributed by atoms with Crippen molar-refractivity contribution in [3.63, 3.8) is 0 Å². The van der Waals surface area contributed by atoms with E-state index >= 15 is 0 Å². The van der Waals surface area contributed by atoms with E-state index < -0.39 is 6.29 Å². The molecule has 0 radical (unpaired) electrons. The van der Waals surface area contributed by atoms with Crippen LogP contribution >= 0.6 is 0 Å². The molecule has 1 rings (SSSR count). The van der Waals surface area contributed by atoms with Crippen LogP contribution in [0.4, 0.5) is 0 Å². The Balaban J connectivity index is 2.25. The van der Waals surface area contributed by atoms with Crippen molar-refractivity contribution in [1.82, 2.24) is 0 Å². The maximum atomic E-state index is 5.56. The summed E-state index contributed by atoms with van der Waals surface area (Å²) in [5.74, 6) is 0. The van der Waals surface area contributed by atoms with E-state index in [1.54, 1.807) is 0 Å². The molecule has 0 atom stereocenters. The largest absolute Gasteiger partial charge is 0.377 e. The third-order valence-corrected chi connectivity index (χ3v) is 2.51. The van der Waals surface area contributed by atoms with Crippen LogP contribution < -0.4 is 0 Å². The molecule has 6 heteroatoms. The first-order chi connectivity index (χ1) is 9.80. The van der Waals surface area contributed by atoms with Crippen LogP contribution in [0.3, 0.4) is 0 Å². The standard InChI is InChI=1S/C14H26O6/c1-13(2)14-19-11-9-17-7-5-15-3-4-16-6-8-18-10-12-20-14/h14H,1,3-12H2,2H3. The molecule has 0 aromatic heterocycles. The van der Waals surface area contributed by atoms with Gasteiger partial charge in [-0.25, -0.2) is 0 Å². The first-order valence-electron chi connectivity index (χ1n) is 7.00. The van der Waals surface area contributed by atoms with Crippen LogP contribution in [0.2, 0.25) is 0 Å². The molecule has 0 aromatic carbocycles. The highest BCUT2D eigenvalue weighted by molar-refractivity contribution is 4.92. The molecule has 0 N–H and O–H groups in total. The minimum atomic E-state index is -0.412. The highest BCUT2D eigenvalue weighted by atomic mass is 16.7. The third kappa shape index (κ3) is 9.41. The molecule has 1 aliphatic rings. The minimum absolute atomic E-state index is 0.412. The van der Waals surface area contributed by atoms with E-state index in [1.807, 2.05) is 6.92 Å². The van der Waals surface area contributed by atoms with Gasteiger partial charge in [-0.2, -0.15) is 0 Å². The lowest BCUT2D eigenvalue weighted by atomic mass is 10.3. The lowest BCUT2D eigenvalue weighted by Crippen LogP contribution is -2.23. The first kappa shape index (κ1) is 17.6. The summed E-state index contributed by atoms with van der Waals surface area (Å²) in [5.41, 5.74) is 0.828. The summed E-state index contributed by atoms with van der Waals surface area (Å²) < 4.78 is 32.6. The van der Waals surface area contributed by atoms with E-state index in [-0.39, 0.29) is 0 Å². The van der Waals surface area contributed by atoms with Crippen LogP contribution in [-0.2, 0) is 28.4 Å². The molecule has 0 spiro atoms. The lowest BCUT2D eigenvalue weighted by molar-refractivity contribution is -0.137. The molecule has 1 fully saturated rings. The van der Waals surface area contributed by atoms with Gasteiger partial charge in [-0.05, 0) is 12.5 Å². The molecule has 0 amide bonds. The van der Waals surface area contributed by atoms with Gasteiger partial charge in [-0.1, -0.05) is 6.58 Å². The number of hydrogen-bond donors (Lipinski definition) is 0. The Kier molecular flexibility index (Phi) is 10.8. The average molecular weight is 290 g/mol. The zero-order chi connectivity index (χ0) is 14.5. The number of ether oxygens (including phenoxy) is 6. The van der Waals surface area contributed by atoms with Gasteiger partial charge in [0.15, 0.2) is 6.29 Å². The molecule has 1 saturated heterocycles. The maximum absolute atomic E-state index is 5.56. The van der Waals surface area contributed by atoms with Crippen LogP contribution in [0.1, 0.15) is 6.92 Å². The van der Waals surface area contributed by atoms with Gasteiger partial charge in [0.2, 0.25) is 0 Å². The second kappa shape index (κ2) is 12.3. The molecule has 1 aliphatic heterocycles. The Morgan fingerprint density at radius 2 is 0.950 bits per heavy atom. The number of hydrogen-bond acceptors (Lipinski definition) is 6. The van der Waals surface area contributed by atoms with Crippen molar-refractivity contribution < 1.29 is 28.4 Å². The summed E-state index contributed by atoms with van der Waals surface area (Å²) in [6, 6.07) is 0. The molecular weight excluding hydrogens is 264 g/mol. The molecule has 0 bridgehead atoms. The van der Waals surface area contributed by atoms with Crippen molar-refractivity contribution in [3.05, 3.63) is 12.2 Å². The maximum Gasteiger partial charge on any atom is 0.179 e. The fourth-order valence-electron chi connectivity index (χ4n) is 1.52. The normalized spacial score (nSPS) is 23.1. The van der Waals surface area contributed by atoms with E-state index in [1.165, 1.54) is 0 Å². The summed E-state index contributed by atoms with van der Waals surface area (Å²) in [7, 11) is 0. The molecule has 6 nitrogen and oxygen atoms in total. The highest BCUT2D eigenvalue weighted by Gasteiger charge is 2.10. The van der Waals surface area contributed by atoms with Gasteiger partial charge in [0.05, 0.1) is 66.1 Å². The van der Waals surface area contributed by atoms with Crippen molar-refractivity contribution in [2.24, 2.45) is 0 Å². The summed E-state index contributed by atoms with van der Waals surface area (Å²) in [4.78, 5) is 0. The van der Waals surface area contributed by atoms with Crippen molar-refractivity contribution in [3.8, 4) is 0 Å². The summed E-state index contributed by atoms with van der Waals surface area (Å²) >= 11 is 0. The Morgan fingerprint density at radius 1 is 0.650 bits per heavy atom. The van der Waals surface area contributed by atoms with Gasteiger partial charge in [0.1, 0.15) is 0 Å². The summed E-state index contributed by atoms with van der Waals surface area (Å²) in [5, 5.41) is 0. The number of rotatable bonds is 1. The predicted molar refractivity (Wildman–Crippen MR) is 73.8 cm³/mol. The molecular formula is C14H26O6. The molecule has 118 valence electrons. The minimum Gasteiger partial charge on any atom is -0.377 e. The second-order valence-corrected chi connectivity index (χ2v) is 4.37. The van der Waals surface area contributed by atoms with E-state index in [0.29, 0.717) is 66.1 Å². The zero-order valence-electron chi connectivity index (χ0n) is 12.3. The van der Waals surface area contributed by atoms with Crippen molar-refractivity contribution in [2.45, 2.75) is 13.2 Å². The van der Waals surface area contributed by atoms with Crippen LogP contribution in [0.5, 0.6) is 0 Å². The van der Waals surface area contributed by atoms with E-state index in [4.69, 9.17) is 28.4 Å². The van der Waals surface area contributed by atoms with Gasteiger partial charge in [0.25, 0.3) is 0 Å². The first-order valence-corrected chi connectivity index (χ1v) is 7.00. The summed E-state index contributed by atoms with van der Waals surface area (Å²) in [6.45, 7) is 11.0. The third-order valence-electron chi connectivity index (χ3n) is 2.51. The smallest absolute Gasteiger partial charge is 0.179 e. The van der Waals surface area contributed by atoms with E-state index in [2.05, 4.69) is 6.58 Å². The molecule has 0 aliphatic carbocycles. The van der Waals surface area contributed by atoms with Crippen LogP contribution in [0.25, 0.3) is 0 Å². The molecule has 0 unspecified atom stereocenters. The average Bonchev–Trinajstić information content (AvgIpc) is 2.43. The van der Waals surface area contributed by atoms with Crippen LogP contribution in [0, 0.1) is 0 Å². The molecule has 0 saturated carbocycles. The van der Waals surface area contributed by atoms with Crippen LogP contribution in [-0.4, -0.2) is 72.4 Å². The van der Waals surface area contributed by atoms with Gasteiger partial charge >= 0.3 is 0 Å². The lowest BCUT2D eigenvalue weighted by Gasteiger charge is -2.18. The predicted octanol–water partition coefficient (Wildman–Crippen LogP) is 1.00. The van der Waals surface area contributed by atoms with Crippen molar-refractivity contribution >= 4 is 0 Å². The topological polar surface area (TPSA) is 55.4 Å². The van der Waals surface area contributed by atoms with Gasteiger partial charge in [-0.15, -0.1) is 0 Å². The molecule has 1 heterocycles. The fraction of sp³-hybridized carbons (Fsp3) is 0.857. The zero-order valence-corrected chi connectivity index (χ0v) is 12.3. The van der Waals surface area contributed by atoms with Gasteiger partial charge < -0.3 is 28.4 Å². The Hall–Kier alpha value is -0.500. The van der Waals surface area contributed by atoms with E-state index in [9.17, 15) is 0 Å². The second-order valence-electron chi connectivity index (χ2n) is 4.37. The SMILES string of the molecule is C=C(C)C1OCCOCCOCCOCCOCCO1. The monoisotopic (exact) mass is 290 g/mol. The van der Waals surface area contributed by atoms with Crippen LogP contribution in [0.15, 0.2) is 12.2 Å². The van der Waals surface area contributed by atoms with E-state index in [0.717, 1.165) is 5.57 Å².